The number of nitrogens with one attached hydrogen (secondary N) is 1. The molecule has 0 bridgehead atoms. The zero-order chi connectivity index (χ0) is 13.4. The van der Waals surface area contributed by atoms with E-state index in [0.717, 1.165) is 13.0 Å². The molecule has 0 aromatic carbocycles. The summed E-state index contributed by atoms with van der Waals surface area (Å²) in [7, 11) is 0. The van der Waals surface area contributed by atoms with E-state index in [0.29, 0.717) is 25.2 Å². The monoisotopic (exact) mass is 259 g/mol. The predicted octanol–water partition coefficient (Wildman–Crippen LogP) is 1.16. The molecule has 0 aliphatic heterocycles. The molecule has 1 aliphatic carbocycles. The maximum Gasteiger partial charge on any atom is 0.0897 e. The fraction of sp³-hybridized carbons (Fsp3) is 1.00. The van der Waals surface area contributed by atoms with Crippen LogP contribution in [0.15, 0.2) is 0 Å². The van der Waals surface area contributed by atoms with Crippen molar-refractivity contribution in [1.82, 2.24) is 5.32 Å². The third kappa shape index (κ3) is 6.14. The van der Waals surface area contributed by atoms with Gasteiger partial charge in [0.15, 0.2) is 0 Å². The smallest absolute Gasteiger partial charge is 0.0897 e. The molecule has 3 N–H and O–H groups in total. The van der Waals surface area contributed by atoms with Crippen LogP contribution >= 0.6 is 0 Å². The maximum absolute atomic E-state index is 9.80. The molecule has 4 unspecified atom stereocenters. The van der Waals surface area contributed by atoms with Crippen LogP contribution in [0.1, 0.15) is 39.5 Å². The van der Waals surface area contributed by atoms with E-state index in [1.165, 1.54) is 19.3 Å². The molecule has 0 radical (unpaired) electrons. The van der Waals surface area contributed by atoms with Gasteiger partial charge in [0.1, 0.15) is 0 Å². The van der Waals surface area contributed by atoms with E-state index in [1.807, 2.05) is 6.92 Å². The van der Waals surface area contributed by atoms with Gasteiger partial charge in [0.2, 0.25) is 0 Å². The topological polar surface area (TPSA) is 61.7 Å². The van der Waals surface area contributed by atoms with Crippen LogP contribution in [0.4, 0.5) is 0 Å². The number of rotatable bonds is 8. The van der Waals surface area contributed by atoms with E-state index >= 15 is 0 Å². The maximum atomic E-state index is 9.80. The lowest BCUT2D eigenvalue weighted by atomic mass is 9.88. The van der Waals surface area contributed by atoms with Crippen LogP contribution in [-0.4, -0.2) is 48.7 Å². The Labute approximate surface area is 111 Å². The summed E-state index contributed by atoms with van der Waals surface area (Å²) >= 11 is 0. The zero-order valence-corrected chi connectivity index (χ0v) is 11.8. The van der Waals surface area contributed by atoms with Gasteiger partial charge in [-0.05, 0) is 31.2 Å². The number of hydrogen-bond donors (Lipinski definition) is 3. The Morgan fingerprint density at radius 1 is 1.28 bits per heavy atom. The highest BCUT2D eigenvalue weighted by Gasteiger charge is 2.22. The van der Waals surface area contributed by atoms with E-state index in [2.05, 4.69) is 12.2 Å². The van der Waals surface area contributed by atoms with Crippen LogP contribution < -0.4 is 5.32 Å². The summed E-state index contributed by atoms with van der Waals surface area (Å²) in [6.07, 6.45) is 4.80. The van der Waals surface area contributed by atoms with Gasteiger partial charge >= 0.3 is 0 Å². The zero-order valence-electron chi connectivity index (χ0n) is 11.8. The van der Waals surface area contributed by atoms with Gasteiger partial charge in [-0.3, -0.25) is 0 Å². The Balaban J connectivity index is 2.07. The highest BCUT2D eigenvalue weighted by Crippen LogP contribution is 2.26. The molecule has 0 saturated heterocycles. The van der Waals surface area contributed by atoms with Gasteiger partial charge in [-0.15, -0.1) is 0 Å². The molecule has 108 valence electrons. The Kier molecular flexibility index (Phi) is 7.82. The van der Waals surface area contributed by atoms with Crippen LogP contribution in [0.5, 0.6) is 0 Å². The molecule has 1 fully saturated rings. The Hall–Kier alpha value is -0.160. The average Bonchev–Trinajstić information content (AvgIpc) is 2.37. The summed E-state index contributed by atoms with van der Waals surface area (Å²) in [5, 5.41) is 21.8. The molecule has 4 heteroatoms. The normalized spacial score (nSPS) is 28.0. The minimum Gasteiger partial charge on any atom is -0.396 e. The van der Waals surface area contributed by atoms with Crippen molar-refractivity contribution in [3.63, 3.8) is 0 Å². The molecule has 0 aromatic heterocycles. The van der Waals surface area contributed by atoms with E-state index in [1.54, 1.807) is 0 Å². The van der Waals surface area contributed by atoms with Crippen LogP contribution in [0.2, 0.25) is 0 Å². The minimum atomic E-state index is -0.454. The number of aliphatic hydroxyl groups is 2. The van der Waals surface area contributed by atoms with Gasteiger partial charge in [0.25, 0.3) is 0 Å². The summed E-state index contributed by atoms with van der Waals surface area (Å²) in [5.74, 6) is 0.852. The van der Waals surface area contributed by atoms with E-state index < -0.39 is 6.10 Å². The van der Waals surface area contributed by atoms with Crippen LogP contribution in [0.25, 0.3) is 0 Å². The SMILES string of the molecule is CC(CO)CNCC(O)COC1CCCCC1C. The first-order valence-corrected chi connectivity index (χ1v) is 7.24. The van der Waals surface area contributed by atoms with Gasteiger partial charge in [-0.1, -0.05) is 26.7 Å². The lowest BCUT2D eigenvalue weighted by molar-refractivity contribution is -0.0453. The second kappa shape index (κ2) is 8.86. The number of hydrogen-bond acceptors (Lipinski definition) is 4. The molecule has 4 atom stereocenters. The lowest BCUT2D eigenvalue weighted by Crippen LogP contribution is -2.36. The van der Waals surface area contributed by atoms with E-state index in [9.17, 15) is 5.11 Å². The average molecular weight is 259 g/mol. The quantitative estimate of drug-likeness (QED) is 0.612. The Bertz CT molecular complexity index is 213. The first kappa shape index (κ1) is 15.9. The first-order valence-electron chi connectivity index (χ1n) is 7.24. The Morgan fingerprint density at radius 3 is 2.67 bits per heavy atom. The fourth-order valence-corrected chi connectivity index (χ4v) is 2.38. The second-order valence-corrected chi connectivity index (χ2v) is 5.73. The molecule has 0 heterocycles. The highest BCUT2D eigenvalue weighted by molar-refractivity contribution is 4.73. The second-order valence-electron chi connectivity index (χ2n) is 5.73. The van der Waals surface area contributed by atoms with Gasteiger partial charge in [0, 0.05) is 13.2 Å². The van der Waals surface area contributed by atoms with E-state index in [4.69, 9.17) is 9.84 Å². The van der Waals surface area contributed by atoms with Crippen molar-refractivity contribution < 1.29 is 14.9 Å². The Morgan fingerprint density at radius 2 is 2.00 bits per heavy atom. The lowest BCUT2D eigenvalue weighted by Gasteiger charge is -2.29. The molecule has 0 aromatic rings. The molecule has 1 aliphatic rings. The predicted molar refractivity (Wildman–Crippen MR) is 72.5 cm³/mol. The van der Waals surface area contributed by atoms with Crippen molar-refractivity contribution in [3.05, 3.63) is 0 Å². The van der Waals surface area contributed by atoms with Crippen molar-refractivity contribution in [3.8, 4) is 0 Å². The summed E-state index contributed by atoms with van der Waals surface area (Å²) < 4.78 is 5.80. The van der Waals surface area contributed by atoms with Crippen molar-refractivity contribution >= 4 is 0 Å². The summed E-state index contributed by atoms with van der Waals surface area (Å²) in [4.78, 5) is 0. The minimum absolute atomic E-state index is 0.180. The fourth-order valence-electron chi connectivity index (χ4n) is 2.38. The third-order valence-corrected chi connectivity index (χ3v) is 3.72. The third-order valence-electron chi connectivity index (χ3n) is 3.72. The number of ether oxygens (including phenoxy) is 1. The molecule has 0 spiro atoms. The first-order chi connectivity index (χ1) is 8.63. The molecule has 18 heavy (non-hydrogen) atoms. The molecule has 4 nitrogen and oxygen atoms in total. The van der Waals surface area contributed by atoms with Gasteiger partial charge in [0.05, 0.1) is 18.8 Å². The van der Waals surface area contributed by atoms with Gasteiger partial charge in [-0.25, -0.2) is 0 Å². The molecule has 0 amide bonds. The standard InChI is InChI=1S/C14H29NO3/c1-11(9-16)7-15-8-13(17)10-18-14-6-4-3-5-12(14)2/h11-17H,3-10H2,1-2H3. The number of aliphatic hydroxyl groups excluding tert-OH is 2. The molecule has 1 saturated carbocycles. The van der Waals surface area contributed by atoms with Gasteiger partial charge < -0.3 is 20.3 Å². The molecule has 1 rings (SSSR count). The van der Waals surface area contributed by atoms with Crippen LogP contribution in [0.3, 0.4) is 0 Å². The van der Waals surface area contributed by atoms with Crippen molar-refractivity contribution in [2.24, 2.45) is 11.8 Å². The molecular weight excluding hydrogens is 230 g/mol. The summed E-state index contributed by atoms with van der Waals surface area (Å²) in [6.45, 7) is 6.06. The van der Waals surface area contributed by atoms with Gasteiger partial charge in [-0.2, -0.15) is 0 Å². The van der Waals surface area contributed by atoms with Crippen molar-refractivity contribution in [2.45, 2.75) is 51.7 Å². The summed E-state index contributed by atoms with van der Waals surface area (Å²) in [5.41, 5.74) is 0. The van der Waals surface area contributed by atoms with Crippen molar-refractivity contribution in [1.29, 1.82) is 0 Å². The van der Waals surface area contributed by atoms with Crippen LogP contribution in [0, 0.1) is 11.8 Å². The summed E-state index contributed by atoms with van der Waals surface area (Å²) in [6, 6.07) is 0. The molecular formula is C14H29NO3. The van der Waals surface area contributed by atoms with Crippen molar-refractivity contribution in [2.75, 3.05) is 26.3 Å². The largest absolute Gasteiger partial charge is 0.396 e. The highest BCUT2D eigenvalue weighted by atomic mass is 16.5. The van der Waals surface area contributed by atoms with Crippen LogP contribution in [-0.2, 0) is 4.74 Å². The van der Waals surface area contributed by atoms with E-state index in [-0.39, 0.29) is 12.5 Å².